The first-order valence-electron chi connectivity index (χ1n) is 1.37. The molecule has 0 aromatic rings. The maximum absolute atomic E-state index is 3.50. The summed E-state index contributed by atoms with van der Waals surface area (Å²) in [6, 6.07) is 0. The van der Waals surface area contributed by atoms with E-state index in [-0.39, 0.29) is 0 Å². The fourth-order valence-electron chi connectivity index (χ4n) is 0.0589. The van der Waals surface area contributed by atoms with Crippen molar-refractivity contribution in [1.29, 1.82) is 0 Å². The van der Waals surface area contributed by atoms with Gasteiger partial charge in [0.05, 0.1) is 0 Å². The van der Waals surface area contributed by atoms with E-state index in [2.05, 4.69) is 11.5 Å². The zero-order valence-electron chi connectivity index (χ0n) is 2.53. The SMILES string of the molecule is [CH2-][O+]1CC1. The normalized spacial score (nSPS) is 26.2. The van der Waals surface area contributed by atoms with Gasteiger partial charge in [-0.25, -0.2) is 0 Å². The molecule has 24 valence electrons. The number of epoxide rings is 1. The first kappa shape index (κ1) is 2.21. The molecule has 0 bridgehead atoms. The van der Waals surface area contributed by atoms with Crippen LogP contribution < -0.4 is 0 Å². The molecular weight excluding hydrogens is 52.0 g/mol. The van der Waals surface area contributed by atoms with Crippen LogP contribution >= 0.6 is 0 Å². The van der Waals surface area contributed by atoms with Gasteiger partial charge in [-0.2, -0.15) is 0 Å². The first-order chi connectivity index (χ1) is 1.89. The van der Waals surface area contributed by atoms with Crippen LogP contribution in [0.2, 0.25) is 0 Å². The van der Waals surface area contributed by atoms with Gasteiger partial charge in [-0.15, -0.1) is 0 Å². The van der Waals surface area contributed by atoms with Gasteiger partial charge in [0.15, 0.2) is 13.2 Å². The molecule has 1 rings (SSSR count). The third kappa shape index (κ3) is 0.206. The summed E-state index contributed by atoms with van der Waals surface area (Å²) in [7, 11) is 3.50. The molecule has 1 heterocycles. The van der Waals surface area contributed by atoms with Gasteiger partial charge in [0.2, 0.25) is 0 Å². The Bertz CT molecular complexity index is 22.5. The minimum atomic E-state index is 1.12. The minimum Gasteiger partial charge on any atom is -0.559 e. The fraction of sp³-hybridized carbons (Fsp3) is 0.667. The maximum Gasteiger partial charge on any atom is 0.188 e. The molecule has 0 N–H and O–H groups in total. The van der Waals surface area contributed by atoms with Crippen molar-refractivity contribution in [3.05, 3.63) is 7.11 Å². The van der Waals surface area contributed by atoms with E-state index < -0.39 is 0 Å². The van der Waals surface area contributed by atoms with E-state index in [0.717, 1.165) is 13.2 Å². The van der Waals surface area contributed by atoms with Gasteiger partial charge >= 0.3 is 0 Å². The molecule has 0 amide bonds. The van der Waals surface area contributed by atoms with Crippen molar-refractivity contribution >= 4 is 0 Å². The smallest absolute Gasteiger partial charge is 0.188 e. The second-order valence-corrected chi connectivity index (χ2v) is 1.02. The molecule has 0 atom stereocenters. The molecule has 1 aliphatic rings. The summed E-state index contributed by atoms with van der Waals surface area (Å²) in [6.07, 6.45) is 0. The van der Waals surface area contributed by atoms with Gasteiger partial charge in [-0.1, -0.05) is 7.11 Å². The zero-order chi connectivity index (χ0) is 2.99. The largest absolute Gasteiger partial charge is 0.559 e. The van der Waals surface area contributed by atoms with E-state index in [1.54, 1.807) is 0 Å². The van der Waals surface area contributed by atoms with E-state index in [0.29, 0.717) is 0 Å². The summed E-state index contributed by atoms with van der Waals surface area (Å²) in [4.78, 5) is 0. The molecule has 0 aromatic heterocycles. The van der Waals surface area contributed by atoms with Crippen LogP contribution in [0.25, 0.3) is 0 Å². The minimum absolute atomic E-state index is 1.12. The van der Waals surface area contributed by atoms with E-state index in [9.17, 15) is 0 Å². The molecule has 0 saturated carbocycles. The summed E-state index contributed by atoms with van der Waals surface area (Å²) in [5.41, 5.74) is 0. The molecule has 1 aliphatic heterocycles. The topological polar surface area (TPSA) is 2.70 Å². The van der Waals surface area contributed by atoms with Crippen LogP contribution in [0, 0.1) is 7.11 Å². The summed E-state index contributed by atoms with van der Waals surface area (Å²) in [6.45, 7) is 2.25. The Kier molecular flexibility index (Phi) is 0.256. The Morgan fingerprint density at radius 3 is 1.75 bits per heavy atom. The lowest BCUT2D eigenvalue weighted by atomic mass is 11.0. The molecular formula is C3H6O. The van der Waals surface area contributed by atoms with E-state index >= 15 is 0 Å². The Morgan fingerprint density at radius 2 is 1.75 bits per heavy atom. The highest BCUT2D eigenvalue weighted by Crippen LogP contribution is 2.04. The van der Waals surface area contributed by atoms with Crippen molar-refractivity contribution in [2.24, 2.45) is 0 Å². The zero-order valence-corrected chi connectivity index (χ0v) is 2.53. The lowest BCUT2D eigenvalue weighted by Crippen LogP contribution is -1.54. The van der Waals surface area contributed by atoms with Gasteiger partial charge in [0.25, 0.3) is 0 Å². The van der Waals surface area contributed by atoms with Crippen molar-refractivity contribution in [1.82, 2.24) is 0 Å². The average Bonchev–Trinajstić information content (AvgIpc) is 1.75. The van der Waals surface area contributed by atoms with Crippen molar-refractivity contribution in [2.75, 3.05) is 13.2 Å². The van der Waals surface area contributed by atoms with Crippen LogP contribution in [-0.4, -0.2) is 13.2 Å². The third-order valence-electron chi connectivity index (χ3n) is 0.493. The number of rotatable bonds is 0. The van der Waals surface area contributed by atoms with E-state index in [1.165, 1.54) is 0 Å². The van der Waals surface area contributed by atoms with Gasteiger partial charge in [-0.3, -0.25) is 0 Å². The van der Waals surface area contributed by atoms with Gasteiger partial charge in [-0.05, 0) is 0 Å². The second-order valence-electron chi connectivity index (χ2n) is 1.02. The molecule has 0 aromatic carbocycles. The third-order valence-corrected chi connectivity index (χ3v) is 0.493. The predicted octanol–water partition coefficient (Wildman–Crippen LogP) is 0.344. The highest BCUT2D eigenvalue weighted by Gasteiger charge is 2.10. The Morgan fingerprint density at radius 1 is 1.50 bits per heavy atom. The molecule has 4 heavy (non-hydrogen) atoms. The molecule has 0 radical (unpaired) electrons. The highest BCUT2D eigenvalue weighted by atomic mass is 16.7. The van der Waals surface area contributed by atoms with E-state index in [4.69, 9.17) is 0 Å². The van der Waals surface area contributed by atoms with Crippen LogP contribution in [0.4, 0.5) is 0 Å². The highest BCUT2D eigenvalue weighted by molar-refractivity contribution is 4.51. The monoisotopic (exact) mass is 58.0 g/mol. The molecule has 0 unspecified atom stereocenters. The first-order valence-corrected chi connectivity index (χ1v) is 1.37. The van der Waals surface area contributed by atoms with Crippen molar-refractivity contribution in [3.63, 3.8) is 0 Å². The Balaban J connectivity index is 2.17. The average molecular weight is 58.1 g/mol. The van der Waals surface area contributed by atoms with Gasteiger partial charge < -0.3 is 4.37 Å². The van der Waals surface area contributed by atoms with Crippen LogP contribution in [0.15, 0.2) is 0 Å². The van der Waals surface area contributed by atoms with Crippen LogP contribution in [0.5, 0.6) is 0 Å². The standard InChI is InChI=1S/C3H6O/c1-4-2-3-4/h1-3H2. The summed E-state index contributed by atoms with van der Waals surface area (Å²) in [5.74, 6) is 0. The lowest BCUT2D eigenvalue weighted by molar-refractivity contribution is 0.195. The molecule has 1 fully saturated rings. The molecule has 0 aliphatic carbocycles. The van der Waals surface area contributed by atoms with Crippen LogP contribution in [0.1, 0.15) is 0 Å². The van der Waals surface area contributed by atoms with Gasteiger partial charge in [0.1, 0.15) is 0 Å². The van der Waals surface area contributed by atoms with Crippen molar-refractivity contribution in [3.8, 4) is 0 Å². The fourth-order valence-corrected chi connectivity index (χ4v) is 0.0589. The molecule has 1 nitrogen and oxygen atoms in total. The summed E-state index contributed by atoms with van der Waals surface area (Å²) in [5, 5.41) is 0. The molecule has 0 spiro atoms. The van der Waals surface area contributed by atoms with Gasteiger partial charge in [0, 0.05) is 0 Å². The lowest BCUT2D eigenvalue weighted by Gasteiger charge is -1.80. The van der Waals surface area contributed by atoms with Crippen molar-refractivity contribution in [2.45, 2.75) is 0 Å². The van der Waals surface area contributed by atoms with E-state index in [1.807, 2.05) is 0 Å². The summed E-state index contributed by atoms with van der Waals surface area (Å²) >= 11 is 0. The number of hydrogen-bond acceptors (Lipinski definition) is 0. The quantitative estimate of drug-likeness (QED) is 0.215. The van der Waals surface area contributed by atoms with Crippen LogP contribution in [-0.2, 0) is 4.37 Å². The second kappa shape index (κ2) is 0.462. The predicted molar refractivity (Wildman–Crippen MR) is 16.2 cm³/mol. The maximum atomic E-state index is 3.50. The van der Waals surface area contributed by atoms with Crippen LogP contribution in [0.3, 0.4) is 0 Å². The Hall–Kier alpha value is -0.0400. The Labute approximate surface area is 25.9 Å². The van der Waals surface area contributed by atoms with Crippen molar-refractivity contribution < 1.29 is 4.37 Å². The molecule has 1 heteroatoms. The number of hydrogen-bond donors (Lipinski definition) is 0. The molecule has 1 saturated heterocycles. The summed E-state index contributed by atoms with van der Waals surface area (Å²) < 4.78 is 2.58.